The molecule has 0 saturated heterocycles. The second kappa shape index (κ2) is 7.70. The fraction of sp³-hybridized carbons (Fsp3) is 0.500. The minimum Gasteiger partial charge on any atom is -0.0586 e. The average molecular weight is 315 g/mol. The SMILES string of the molecule is O=[CH][Mn]([CH]=O)[CH]=O.[CH]1C2=C(CCCC2)C2=C1CCCC2. The van der Waals surface area contributed by atoms with Gasteiger partial charge in [-0.05, 0) is 62.5 Å². The third-order valence-electron chi connectivity index (χ3n) is 4.04. The van der Waals surface area contributed by atoms with Gasteiger partial charge in [-0.25, -0.2) is 0 Å². The van der Waals surface area contributed by atoms with Crippen LogP contribution in [0.1, 0.15) is 51.4 Å². The van der Waals surface area contributed by atoms with Crippen LogP contribution in [0.3, 0.4) is 0 Å². The predicted molar refractivity (Wildman–Crippen MR) is 75.5 cm³/mol. The van der Waals surface area contributed by atoms with E-state index in [1.54, 1.807) is 22.3 Å². The number of fused-ring (bicyclic) bond motifs is 1. The van der Waals surface area contributed by atoms with Crippen molar-refractivity contribution in [3.05, 3.63) is 28.7 Å². The van der Waals surface area contributed by atoms with E-state index in [-0.39, 0.29) is 0 Å². The first-order valence-corrected chi connectivity index (χ1v) is 9.15. The van der Waals surface area contributed by atoms with Crippen LogP contribution >= 0.6 is 0 Å². The van der Waals surface area contributed by atoms with Gasteiger partial charge in [-0.2, -0.15) is 0 Å². The van der Waals surface area contributed by atoms with Crippen molar-refractivity contribution < 1.29 is 28.3 Å². The van der Waals surface area contributed by atoms with Crippen molar-refractivity contribution in [2.75, 3.05) is 0 Å². The van der Waals surface area contributed by atoms with Crippen LogP contribution in [0.4, 0.5) is 0 Å². The number of rotatable bonds is 3. The molecule has 1 radical (unpaired) electrons. The van der Waals surface area contributed by atoms with Crippen molar-refractivity contribution >= 4 is 15.6 Å². The molecular formula is C16H20MnO3. The maximum atomic E-state index is 9.55. The predicted octanol–water partition coefficient (Wildman–Crippen LogP) is 3.12. The monoisotopic (exact) mass is 315 g/mol. The standard InChI is InChI=1S/C13H17.3CHO.Mn/c1-3-7-12-10(5-1)9-11-6-2-4-8-13(11)12;3*1-2;/h9H,1-8H2;3*1H;. The largest absolute Gasteiger partial charge is 0.0586 e. The summed E-state index contributed by atoms with van der Waals surface area (Å²) in [5.41, 5.74) is 6.94. The first kappa shape index (κ1) is 15.4. The van der Waals surface area contributed by atoms with E-state index in [0.717, 1.165) is 0 Å². The summed E-state index contributed by atoms with van der Waals surface area (Å²) in [5.74, 6) is 0. The van der Waals surface area contributed by atoms with Crippen molar-refractivity contribution in [1.29, 1.82) is 0 Å². The molecule has 4 heteroatoms. The molecule has 0 aromatic heterocycles. The number of carbonyl (C=O) groups is 3. The zero-order valence-corrected chi connectivity index (χ0v) is 12.7. The Morgan fingerprint density at radius 3 is 1.45 bits per heavy atom. The molecule has 20 heavy (non-hydrogen) atoms. The van der Waals surface area contributed by atoms with Crippen LogP contribution < -0.4 is 0 Å². The summed E-state index contributed by atoms with van der Waals surface area (Å²) in [6.45, 7) is 0. The van der Waals surface area contributed by atoms with Crippen LogP contribution in [0.2, 0.25) is 0 Å². The van der Waals surface area contributed by atoms with Gasteiger partial charge in [0, 0.05) is 6.42 Å². The van der Waals surface area contributed by atoms with E-state index in [4.69, 9.17) is 0 Å². The summed E-state index contributed by atoms with van der Waals surface area (Å²) in [6, 6.07) is 0. The van der Waals surface area contributed by atoms with Gasteiger partial charge >= 0.3 is 43.8 Å². The van der Waals surface area contributed by atoms with E-state index in [2.05, 4.69) is 6.42 Å². The first-order chi connectivity index (χ1) is 9.80. The number of allylic oxidation sites excluding steroid dienone is 4. The third-order valence-corrected chi connectivity index (χ3v) is 5.01. The second-order valence-electron chi connectivity index (χ2n) is 5.21. The van der Waals surface area contributed by atoms with Crippen LogP contribution in [-0.2, 0) is 28.3 Å². The number of hydrogen-bond acceptors (Lipinski definition) is 3. The molecule has 0 aromatic rings. The molecule has 0 spiro atoms. The van der Waals surface area contributed by atoms with Gasteiger partial charge in [0.2, 0.25) is 0 Å². The van der Waals surface area contributed by atoms with E-state index >= 15 is 0 Å². The van der Waals surface area contributed by atoms with Crippen molar-refractivity contribution in [2.45, 2.75) is 51.4 Å². The molecule has 3 nitrogen and oxygen atoms in total. The molecule has 0 fully saturated rings. The summed E-state index contributed by atoms with van der Waals surface area (Å²) >= 11 is -1.92. The van der Waals surface area contributed by atoms with Crippen molar-refractivity contribution in [3.63, 3.8) is 0 Å². The third kappa shape index (κ3) is 3.56. The van der Waals surface area contributed by atoms with Gasteiger partial charge < -0.3 is 0 Å². The van der Waals surface area contributed by atoms with Gasteiger partial charge in [0.05, 0.1) is 0 Å². The number of carbonyl (C=O) groups excluding carboxylic acids is 3. The molecule has 0 atom stereocenters. The molecule has 0 bridgehead atoms. The van der Waals surface area contributed by atoms with E-state index in [1.165, 1.54) is 51.4 Å². The van der Waals surface area contributed by atoms with Gasteiger partial charge in [-0.15, -0.1) is 0 Å². The minimum absolute atomic E-state index is 0.396. The zero-order valence-electron chi connectivity index (χ0n) is 11.6. The van der Waals surface area contributed by atoms with Crippen LogP contribution in [0, 0.1) is 6.42 Å². The maximum Gasteiger partial charge on any atom is 0.0122 e. The Morgan fingerprint density at radius 2 is 1.10 bits per heavy atom. The second-order valence-corrected chi connectivity index (χ2v) is 7.23. The van der Waals surface area contributed by atoms with Gasteiger partial charge in [0.1, 0.15) is 0 Å². The molecule has 0 amide bonds. The molecule has 0 unspecified atom stereocenters. The average Bonchev–Trinajstić information content (AvgIpc) is 2.88. The molecule has 3 aliphatic rings. The molecule has 3 aliphatic carbocycles. The summed E-state index contributed by atoms with van der Waals surface area (Å²) in [4.78, 5) is 28.7. The van der Waals surface area contributed by atoms with Gasteiger partial charge in [0.15, 0.2) is 0 Å². The fourth-order valence-corrected chi connectivity index (χ4v) is 3.34. The van der Waals surface area contributed by atoms with Crippen molar-refractivity contribution in [1.82, 2.24) is 0 Å². The van der Waals surface area contributed by atoms with E-state index in [0.29, 0.717) is 15.6 Å². The minimum atomic E-state index is -1.92. The first-order valence-electron chi connectivity index (χ1n) is 7.10. The Morgan fingerprint density at radius 1 is 0.700 bits per heavy atom. The fourth-order valence-electron chi connectivity index (χ4n) is 3.14. The van der Waals surface area contributed by atoms with Gasteiger partial charge in [-0.3, -0.25) is 0 Å². The quantitative estimate of drug-likeness (QED) is 0.594. The van der Waals surface area contributed by atoms with Gasteiger partial charge in [0.25, 0.3) is 0 Å². The molecule has 0 aromatic carbocycles. The van der Waals surface area contributed by atoms with Crippen LogP contribution in [0.15, 0.2) is 22.3 Å². The Hall–Kier alpha value is -0.991. The molecule has 0 aliphatic heterocycles. The van der Waals surface area contributed by atoms with E-state index in [9.17, 15) is 14.4 Å². The van der Waals surface area contributed by atoms with Crippen LogP contribution in [0.5, 0.6) is 0 Å². The van der Waals surface area contributed by atoms with Gasteiger partial charge in [-0.1, -0.05) is 11.1 Å². The smallest absolute Gasteiger partial charge is 0.0122 e. The summed E-state index contributed by atoms with van der Waals surface area (Å²) in [6.07, 6.45) is 13.7. The van der Waals surface area contributed by atoms with E-state index < -0.39 is 13.9 Å². The summed E-state index contributed by atoms with van der Waals surface area (Å²) in [7, 11) is 0. The maximum absolute atomic E-state index is 9.55. The summed E-state index contributed by atoms with van der Waals surface area (Å²) < 4.78 is 0. The molecule has 3 rings (SSSR count). The topological polar surface area (TPSA) is 51.2 Å². The van der Waals surface area contributed by atoms with Crippen LogP contribution in [0.25, 0.3) is 0 Å². The Bertz CT molecular complexity index is 413. The van der Waals surface area contributed by atoms with Crippen molar-refractivity contribution in [2.24, 2.45) is 0 Å². The Labute approximate surface area is 124 Å². The molecule has 0 saturated carbocycles. The van der Waals surface area contributed by atoms with E-state index in [1.807, 2.05) is 0 Å². The molecule has 0 N–H and O–H groups in total. The summed E-state index contributed by atoms with van der Waals surface area (Å²) in [5, 5.41) is 1.19. The zero-order chi connectivity index (χ0) is 14.4. The Kier molecular flexibility index (Phi) is 5.93. The van der Waals surface area contributed by atoms with Crippen LogP contribution in [-0.4, -0.2) is 15.6 Å². The normalized spacial score (nSPS) is 21.3. The number of hydrogen-bond donors (Lipinski definition) is 0. The molecular weight excluding hydrogens is 295 g/mol. The molecule has 109 valence electrons. The van der Waals surface area contributed by atoms with Crippen molar-refractivity contribution in [3.8, 4) is 0 Å². The molecule has 0 heterocycles. The Balaban J connectivity index is 0.000000182.